The maximum atomic E-state index is 13.4. The fourth-order valence-corrected chi connectivity index (χ4v) is 2.44. The number of amides is 1. The Morgan fingerprint density at radius 1 is 1.67 bits per heavy atom. The molecule has 2 atom stereocenters. The quantitative estimate of drug-likeness (QED) is 0.852. The van der Waals surface area contributed by atoms with Crippen molar-refractivity contribution in [1.29, 1.82) is 0 Å². The van der Waals surface area contributed by atoms with Crippen molar-refractivity contribution in [1.82, 2.24) is 4.98 Å². The van der Waals surface area contributed by atoms with Crippen LogP contribution in [0.3, 0.4) is 0 Å². The molecule has 1 saturated heterocycles. The lowest BCUT2D eigenvalue weighted by Crippen LogP contribution is -2.40. The number of anilines is 1. The molecule has 18 heavy (non-hydrogen) atoms. The van der Waals surface area contributed by atoms with Crippen LogP contribution in [0.1, 0.15) is 6.42 Å². The number of nitrogens with two attached hydrogens (primary N) is 1. The van der Waals surface area contributed by atoms with Gasteiger partial charge >= 0.3 is 0 Å². The fourth-order valence-electron chi connectivity index (χ4n) is 2.03. The van der Waals surface area contributed by atoms with Crippen molar-refractivity contribution < 1.29 is 13.9 Å². The van der Waals surface area contributed by atoms with E-state index in [9.17, 15) is 9.18 Å². The molecular formula is C11H13BrFN3O2. The molecule has 0 spiro atoms. The van der Waals surface area contributed by atoms with E-state index in [1.54, 1.807) is 17.0 Å². The predicted molar refractivity (Wildman–Crippen MR) is 68.3 cm³/mol. The third-order valence-corrected chi connectivity index (χ3v) is 3.27. The Morgan fingerprint density at radius 3 is 3.00 bits per heavy atom. The number of aromatic nitrogens is 1. The molecule has 2 unspecified atom stereocenters. The second kappa shape index (κ2) is 5.09. The van der Waals surface area contributed by atoms with Gasteiger partial charge in [-0.05, 0) is 15.9 Å². The van der Waals surface area contributed by atoms with Crippen LogP contribution < -0.4 is 15.4 Å². The Hall–Kier alpha value is -1.37. The van der Waals surface area contributed by atoms with Crippen LogP contribution in [0.5, 0.6) is 5.75 Å². The summed E-state index contributed by atoms with van der Waals surface area (Å²) >= 11 is 3.25. The number of primary amides is 1. The van der Waals surface area contributed by atoms with Crippen molar-refractivity contribution in [2.75, 3.05) is 18.6 Å². The van der Waals surface area contributed by atoms with Gasteiger partial charge in [0.1, 0.15) is 28.4 Å². The summed E-state index contributed by atoms with van der Waals surface area (Å²) in [4.78, 5) is 17.1. The molecular weight excluding hydrogens is 305 g/mol. The van der Waals surface area contributed by atoms with Gasteiger partial charge in [0.25, 0.3) is 0 Å². The highest BCUT2D eigenvalue weighted by molar-refractivity contribution is 9.10. The molecule has 5 nitrogen and oxygen atoms in total. The SMILES string of the molecule is COc1cc(Br)nc(N2CC(F)CC2C(N)=O)c1. The molecule has 7 heteroatoms. The summed E-state index contributed by atoms with van der Waals surface area (Å²) < 4.78 is 19.1. The average molecular weight is 318 g/mol. The van der Waals surface area contributed by atoms with Crippen molar-refractivity contribution in [3.8, 4) is 5.75 Å². The zero-order valence-corrected chi connectivity index (χ0v) is 11.4. The van der Waals surface area contributed by atoms with Gasteiger partial charge in [0.05, 0.1) is 13.7 Å². The summed E-state index contributed by atoms with van der Waals surface area (Å²) in [7, 11) is 1.53. The van der Waals surface area contributed by atoms with Gasteiger partial charge in [-0.3, -0.25) is 4.79 Å². The number of ether oxygens (including phenoxy) is 1. The summed E-state index contributed by atoms with van der Waals surface area (Å²) in [5.41, 5.74) is 5.28. The third kappa shape index (κ3) is 2.55. The van der Waals surface area contributed by atoms with E-state index < -0.39 is 18.1 Å². The van der Waals surface area contributed by atoms with Crippen molar-refractivity contribution >= 4 is 27.7 Å². The molecule has 1 aliphatic heterocycles. The smallest absolute Gasteiger partial charge is 0.240 e. The summed E-state index contributed by atoms with van der Waals surface area (Å²) in [5.74, 6) is 0.512. The molecule has 0 aliphatic carbocycles. The van der Waals surface area contributed by atoms with Gasteiger partial charge in [-0.15, -0.1) is 0 Å². The monoisotopic (exact) mass is 317 g/mol. The van der Waals surface area contributed by atoms with Gasteiger partial charge in [-0.2, -0.15) is 0 Å². The maximum Gasteiger partial charge on any atom is 0.240 e. The van der Waals surface area contributed by atoms with E-state index in [4.69, 9.17) is 10.5 Å². The Kier molecular flexibility index (Phi) is 3.70. The average Bonchev–Trinajstić information content (AvgIpc) is 2.70. The lowest BCUT2D eigenvalue weighted by atomic mass is 10.2. The molecule has 2 rings (SSSR count). The number of carbonyl (C=O) groups is 1. The van der Waals surface area contributed by atoms with E-state index in [0.717, 1.165) is 0 Å². The summed E-state index contributed by atoms with van der Waals surface area (Å²) in [6, 6.07) is 2.68. The second-order valence-electron chi connectivity index (χ2n) is 4.09. The number of rotatable bonds is 3. The number of carbonyl (C=O) groups excluding carboxylic acids is 1. The minimum absolute atomic E-state index is 0.103. The lowest BCUT2D eigenvalue weighted by molar-refractivity contribution is -0.119. The number of pyridine rings is 1. The van der Waals surface area contributed by atoms with Gasteiger partial charge in [-0.1, -0.05) is 0 Å². The van der Waals surface area contributed by atoms with Crippen LogP contribution in [0.15, 0.2) is 16.7 Å². The van der Waals surface area contributed by atoms with Crippen LogP contribution in [-0.2, 0) is 4.79 Å². The van der Waals surface area contributed by atoms with E-state index in [0.29, 0.717) is 16.2 Å². The van der Waals surface area contributed by atoms with Gasteiger partial charge in [0.2, 0.25) is 5.91 Å². The first-order valence-corrected chi connectivity index (χ1v) is 6.22. The largest absolute Gasteiger partial charge is 0.497 e. The lowest BCUT2D eigenvalue weighted by Gasteiger charge is -2.23. The molecule has 1 amide bonds. The Labute approximate surface area is 112 Å². The molecule has 0 saturated carbocycles. The second-order valence-corrected chi connectivity index (χ2v) is 4.90. The zero-order chi connectivity index (χ0) is 13.3. The van der Waals surface area contributed by atoms with Crippen LogP contribution in [0.4, 0.5) is 10.2 Å². The van der Waals surface area contributed by atoms with E-state index >= 15 is 0 Å². The minimum atomic E-state index is -1.07. The van der Waals surface area contributed by atoms with Gasteiger partial charge in [0, 0.05) is 18.6 Å². The molecule has 2 heterocycles. The maximum absolute atomic E-state index is 13.4. The minimum Gasteiger partial charge on any atom is -0.497 e. The van der Waals surface area contributed by atoms with E-state index in [-0.39, 0.29) is 13.0 Å². The normalized spacial score (nSPS) is 23.2. The van der Waals surface area contributed by atoms with Crippen molar-refractivity contribution in [3.05, 3.63) is 16.7 Å². The van der Waals surface area contributed by atoms with Crippen LogP contribution in [-0.4, -0.2) is 36.8 Å². The summed E-state index contributed by atoms with van der Waals surface area (Å²) in [6.07, 6.45) is -0.972. The number of halogens is 2. The molecule has 0 bridgehead atoms. The number of hydrogen-bond donors (Lipinski definition) is 1. The molecule has 1 fully saturated rings. The van der Waals surface area contributed by atoms with Crippen molar-refractivity contribution in [3.63, 3.8) is 0 Å². The highest BCUT2D eigenvalue weighted by Crippen LogP contribution is 2.30. The fraction of sp³-hybridized carbons (Fsp3) is 0.455. The topological polar surface area (TPSA) is 68.4 Å². The first-order chi connectivity index (χ1) is 8.51. The standard InChI is InChI=1S/C11H13BrFN3O2/c1-18-7-3-9(12)15-10(4-7)16-5-6(13)2-8(16)11(14)17/h3-4,6,8H,2,5H2,1H3,(H2,14,17). The number of nitrogens with zero attached hydrogens (tertiary/aromatic N) is 2. The summed E-state index contributed by atoms with van der Waals surface area (Å²) in [5, 5.41) is 0. The van der Waals surface area contributed by atoms with Crippen LogP contribution >= 0.6 is 15.9 Å². The Morgan fingerprint density at radius 2 is 2.39 bits per heavy atom. The highest BCUT2D eigenvalue weighted by atomic mass is 79.9. The molecule has 98 valence electrons. The molecule has 0 radical (unpaired) electrons. The highest BCUT2D eigenvalue weighted by Gasteiger charge is 2.36. The van der Waals surface area contributed by atoms with E-state index in [2.05, 4.69) is 20.9 Å². The van der Waals surface area contributed by atoms with E-state index in [1.807, 2.05) is 0 Å². The Balaban J connectivity index is 2.35. The third-order valence-electron chi connectivity index (χ3n) is 2.86. The van der Waals surface area contributed by atoms with Crippen LogP contribution in [0, 0.1) is 0 Å². The predicted octanol–water partition coefficient (Wildman–Crippen LogP) is 1.25. The van der Waals surface area contributed by atoms with Crippen LogP contribution in [0.25, 0.3) is 0 Å². The van der Waals surface area contributed by atoms with E-state index in [1.165, 1.54) is 7.11 Å². The van der Waals surface area contributed by atoms with Gasteiger partial charge < -0.3 is 15.4 Å². The molecule has 2 N–H and O–H groups in total. The van der Waals surface area contributed by atoms with Gasteiger partial charge in [-0.25, -0.2) is 9.37 Å². The number of alkyl halides is 1. The molecule has 1 aromatic rings. The zero-order valence-electron chi connectivity index (χ0n) is 9.77. The first-order valence-electron chi connectivity index (χ1n) is 5.43. The molecule has 0 aromatic carbocycles. The molecule has 1 aliphatic rings. The van der Waals surface area contributed by atoms with Crippen molar-refractivity contribution in [2.24, 2.45) is 5.73 Å². The van der Waals surface area contributed by atoms with Gasteiger partial charge in [0.15, 0.2) is 0 Å². The summed E-state index contributed by atoms with van der Waals surface area (Å²) in [6.45, 7) is 0.111. The first kappa shape index (κ1) is 13.1. The van der Waals surface area contributed by atoms with Crippen molar-refractivity contribution in [2.45, 2.75) is 18.6 Å². The number of methoxy groups -OCH3 is 1. The number of hydrogen-bond acceptors (Lipinski definition) is 4. The Bertz CT molecular complexity index is 472. The van der Waals surface area contributed by atoms with Crippen LogP contribution in [0.2, 0.25) is 0 Å². The molecule has 1 aromatic heterocycles.